The molecule has 5 nitrogen and oxygen atoms in total. The normalized spacial score (nSPS) is 29.1. The van der Waals surface area contributed by atoms with Crippen molar-refractivity contribution in [2.24, 2.45) is 5.73 Å². The van der Waals surface area contributed by atoms with Crippen molar-refractivity contribution in [2.75, 3.05) is 52.9 Å². The topological polar surface area (TPSA) is 65.3 Å². The van der Waals surface area contributed by atoms with E-state index in [1.54, 1.807) is 0 Å². The van der Waals surface area contributed by atoms with Crippen LogP contribution in [0.3, 0.4) is 0 Å². The lowest BCUT2D eigenvalue weighted by Gasteiger charge is -2.25. The van der Waals surface area contributed by atoms with Crippen LogP contribution in [-0.4, -0.2) is 63.9 Å². The molecule has 0 spiro atoms. The Balaban J connectivity index is 2.23. The first-order chi connectivity index (χ1) is 6.80. The molecule has 0 saturated carbocycles. The maximum Gasteiger partial charge on any atom is 0.0698 e. The fourth-order valence-corrected chi connectivity index (χ4v) is 1.43. The molecule has 0 aromatic rings. The predicted molar refractivity (Wildman–Crippen MR) is 59.2 cm³/mol. The molecule has 1 heterocycles. The van der Waals surface area contributed by atoms with Crippen LogP contribution in [0.4, 0.5) is 0 Å². The number of hydrogen-bond donors (Lipinski definition) is 4. The first-order valence-corrected chi connectivity index (χ1v) is 5.38. The third kappa shape index (κ3) is 4.88. The monoisotopic (exact) mass is 201 g/mol. The molecule has 5 N–H and O–H groups in total. The number of nitrogens with one attached hydrogen (secondary N) is 3. The van der Waals surface area contributed by atoms with E-state index in [0.29, 0.717) is 0 Å². The smallest absolute Gasteiger partial charge is 0.0698 e. The Hall–Kier alpha value is -0.200. The minimum Gasteiger partial charge on any atom is -0.315 e. The number of nitrogens with zero attached hydrogens (tertiary/aromatic N) is 1. The fraction of sp³-hybridized carbons (Fsp3) is 1.00. The van der Waals surface area contributed by atoms with Crippen LogP contribution in [0.25, 0.3) is 0 Å². The largest absolute Gasteiger partial charge is 0.315 e. The third-order valence-corrected chi connectivity index (χ3v) is 2.52. The molecule has 0 aromatic heterocycles. The van der Waals surface area contributed by atoms with Gasteiger partial charge in [-0.3, -0.25) is 4.90 Å². The molecule has 84 valence electrons. The Labute approximate surface area is 86.4 Å². The van der Waals surface area contributed by atoms with E-state index in [4.69, 9.17) is 5.73 Å². The molecule has 1 aliphatic rings. The van der Waals surface area contributed by atoms with Gasteiger partial charge in [-0.2, -0.15) is 0 Å². The second-order valence-electron chi connectivity index (χ2n) is 3.75. The Morgan fingerprint density at radius 2 is 1.57 bits per heavy atom. The summed E-state index contributed by atoms with van der Waals surface area (Å²) < 4.78 is 0. The number of nitrogens with two attached hydrogens (primary N) is 1. The third-order valence-electron chi connectivity index (χ3n) is 2.52. The standard InChI is InChI=1S/C9H23N5/c1-14-7-6-12-3-2-11-4-5-13-8-9(14)10/h9,11-13H,2-8,10H2,1H3. The Bertz CT molecular complexity index is 125. The lowest BCUT2D eigenvalue weighted by Crippen LogP contribution is -2.50. The van der Waals surface area contributed by atoms with E-state index in [1.807, 2.05) is 0 Å². The summed E-state index contributed by atoms with van der Waals surface area (Å²) in [5, 5.41) is 10.1. The van der Waals surface area contributed by atoms with Crippen LogP contribution in [0.1, 0.15) is 0 Å². The SMILES string of the molecule is CN1CCNCCNCCNCC1N. The lowest BCUT2D eigenvalue weighted by molar-refractivity contribution is 0.239. The van der Waals surface area contributed by atoms with Gasteiger partial charge in [0.05, 0.1) is 6.17 Å². The average molecular weight is 201 g/mol. The molecule has 0 amide bonds. The quantitative estimate of drug-likeness (QED) is 0.365. The molecule has 0 aliphatic carbocycles. The highest BCUT2D eigenvalue weighted by molar-refractivity contribution is 4.67. The molecule has 5 heteroatoms. The van der Waals surface area contributed by atoms with Gasteiger partial charge >= 0.3 is 0 Å². The fourth-order valence-electron chi connectivity index (χ4n) is 1.43. The first kappa shape index (κ1) is 11.9. The van der Waals surface area contributed by atoms with Crippen LogP contribution in [0, 0.1) is 0 Å². The van der Waals surface area contributed by atoms with Gasteiger partial charge in [-0.1, -0.05) is 0 Å². The molecule has 1 unspecified atom stereocenters. The van der Waals surface area contributed by atoms with Crippen molar-refractivity contribution in [1.82, 2.24) is 20.9 Å². The van der Waals surface area contributed by atoms with E-state index in [-0.39, 0.29) is 6.17 Å². The molecule has 1 rings (SSSR count). The van der Waals surface area contributed by atoms with Gasteiger partial charge in [0, 0.05) is 45.8 Å². The van der Waals surface area contributed by atoms with Crippen LogP contribution < -0.4 is 21.7 Å². The summed E-state index contributed by atoms with van der Waals surface area (Å²) >= 11 is 0. The van der Waals surface area contributed by atoms with Crippen molar-refractivity contribution in [3.05, 3.63) is 0 Å². The van der Waals surface area contributed by atoms with Crippen molar-refractivity contribution < 1.29 is 0 Å². The maximum atomic E-state index is 5.97. The zero-order valence-electron chi connectivity index (χ0n) is 9.05. The summed E-state index contributed by atoms with van der Waals surface area (Å²) in [7, 11) is 2.07. The predicted octanol–water partition coefficient (Wildman–Crippen LogP) is -2.01. The van der Waals surface area contributed by atoms with Crippen LogP contribution >= 0.6 is 0 Å². The van der Waals surface area contributed by atoms with Crippen molar-refractivity contribution in [3.8, 4) is 0 Å². The molecule has 14 heavy (non-hydrogen) atoms. The molecule has 1 fully saturated rings. The Morgan fingerprint density at radius 3 is 2.29 bits per heavy atom. The summed E-state index contributed by atoms with van der Waals surface area (Å²) in [6.07, 6.45) is 0.122. The highest BCUT2D eigenvalue weighted by atomic mass is 15.2. The molecular formula is C9H23N5. The number of hydrogen-bond acceptors (Lipinski definition) is 5. The average Bonchev–Trinajstić information content (AvgIpc) is 2.18. The summed E-state index contributed by atoms with van der Waals surface area (Å²) in [6, 6.07) is 0. The van der Waals surface area contributed by atoms with Gasteiger partial charge in [0.1, 0.15) is 0 Å². The van der Waals surface area contributed by atoms with Gasteiger partial charge in [0.2, 0.25) is 0 Å². The van der Waals surface area contributed by atoms with Gasteiger partial charge in [-0.25, -0.2) is 0 Å². The lowest BCUT2D eigenvalue weighted by atomic mass is 10.4. The van der Waals surface area contributed by atoms with Gasteiger partial charge in [-0.05, 0) is 7.05 Å². The molecular weight excluding hydrogens is 178 g/mol. The highest BCUT2D eigenvalue weighted by Gasteiger charge is 2.08. The number of likely N-dealkylation sites (N-methyl/N-ethyl adjacent to an activating group) is 1. The zero-order valence-corrected chi connectivity index (χ0v) is 9.05. The van der Waals surface area contributed by atoms with Gasteiger partial charge < -0.3 is 21.7 Å². The zero-order chi connectivity index (χ0) is 10.2. The van der Waals surface area contributed by atoms with Crippen molar-refractivity contribution in [1.29, 1.82) is 0 Å². The van der Waals surface area contributed by atoms with E-state index in [1.165, 1.54) is 0 Å². The summed E-state index contributed by atoms with van der Waals surface area (Å²) in [5.41, 5.74) is 5.97. The molecule has 1 atom stereocenters. The van der Waals surface area contributed by atoms with E-state index >= 15 is 0 Å². The second kappa shape index (κ2) is 7.14. The minimum absolute atomic E-state index is 0.122. The maximum absolute atomic E-state index is 5.97. The molecule has 1 saturated heterocycles. The van der Waals surface area contributed by atoms with Crippen molar-refractivity contribution in [2.45, 2.75) is 6.17 Å². The minimum atomic E-state index is 0.122. The summed E-state index contributed by atoms with van der Waals surface area (Å²) in [5.74, 6) is 0. The molecule has 0 aromatic carbocycles. The molecule has 0 radical (unpaired) electrons. The molecule has 1 aliphatic heterocycles. The van der Waals surface area contributed by atoms with Crippen molar-refractivity contribution in [3.63, 3.8) is 0 Å². The second-order valence-corrected chi connectivity index (χ2v) is 3.75. The van der Waals surface area contributed by atoms with Crippen molar-refractivity contribution >= 4 is 0 Å². The highest BCUT2D eigenvalue weighted by Crippen LogP contribution is 1.86. The van der Waals surface area contributed by atoms with E-state index in [9.17, 15) is 0 Å². The van der Waals surface area contributed by atoms with Gasteiger partial charge in [0.15, 0.2) is 0 Å². The van der Waals surface area contributed by atoms with Gasteiger partial charge in [-0.15, -0.1) is 0 Å². The van der Waals surface area contributed by atoms with E-state index < -0.39 is 0 Å². The van der Waals surface area contributed by atoms with Crippen LogP contribution in [0.15, 0.2) is 0 Å². The Kier molecular flexibility index (Phi) is 6.05. The van der Waals surface area contributed by atoms with E-state index in [0.717, 1.165) is 45.8 Å². The van der Waals surface area contributed by atoms with Crippen LogP contribution in [0.2, 0.25) is 0 Å². The van der Waals surface area contributed by atoms with Gasteiger partial charge in [0.25, 0.3) is 0 Å². The number of rotatable bonds is 0. The van der Waals surface area contributed by atoms with Crippen LogP contribution in [0.5, 0.6) is 0 Å². The van der Waals surface area contributed by atoms with Crippen LogP contribution in [-0.2, 0) is 0 Å². The first-order valence-electron chi connectivity index (χ1n) is 5.38. The summed E-state index contributed by atoms with van der Waals surface area (Å²) in [4.78, 5) is 2.18. The molecule has 0 bridgehead atoms. The van der Waals surface area contributed by atoms with E-state index in [2.05, 4.69) is 27.9 Å². The Morgan fingerprint density at radius 1 is 1.00 bits per heavy atom. The summed E-state index contributed by atoms with van der Waals surface area (Å²) in [6.45, 7) is 6.94.